The Balaban J connectivity index is 0.000000437. The summed E-state index contributed by atoms with van der Waals surface area (Å²) < 4.78 is 51.5. The monoisotopic (exact) mass is 333 g/mol. The normalized spacial score (nSPS) is 10.9. The number of benzene rings is 1. The van der Waals surface area contributed by atoms with Crippen LogP contribution in [0.5, 0.6) is 11.5 Å². The molecule has 0 aromatic heterocycles. The van der Waals surface area contributed by atoms with Crippen LogP contribution in [0.2, 0.25) is 0 Å². The zero-order chi connectivity index (χ0) is 13.5. The molecular formula is C7H10O8PSe+. The van der Waals surface area contributed by atoms with Crippen LogP contribution in [0.1, 0.15) is 0 Å². The SMILES string of the molecule is COc1ccc(O[P+](=O)O)cc1.O=[Se](=O)(O)O. The van der Waals surface area contributed by atoms with Gasteiger partial charge in [0.1, 0.15) is 5.75 Å². The first-order valence-corrected chi connectivity index (χ1v) is 7.96. The van der Waals surface area contributed by atoms with Crippen molar-refractivity contribution in [2.75, 3.05) is 7.11 Å². The van der Waals surface area contributed by atoms with Crippen LogP contribution in [0, 0.1) is 0 Å². The van der Waals surface area contributed by atoms with E-state index in [0.717, 1.165) is 0 Å². The van der Waals surface area contributed by atoms with Gasteiger partial charge >= 0.3 is 37.7 Å². The molecule has 0 aliphatic carbocycles. The fraction of sp³-hybridized carbons (Fsp3) is 0.143. The molecule has 0 spiro atoms. The van der Waals surface area contributed by atoms with Crippen molar-refractivity contribution in [2.24, 2.45) is 0 Å². The molecule has 0 radical (unpaired) electrons. The van der Waals surface area contributed by atoms with E-state index in [0.29, 0.717) is 11.5 Å². The van der Waals surface area contributed by atoms with Crippen molar-refractivity contribution in [3.63, 3.8) is 0 Å². The molecule has 0 saturated heterocycles. The van der Waals surface area contributed by atoms with Gasteiger partial charge in [0, 0.05) is 4.57 Å². The van der Waals surface area contributed by atoms with E-state index in [1.54, 1.807) is 31.4 Å². The van der Waals surface area contributed by atoms with E-state index in [-0.39, 0.29) is 0 Å². The van der Waals surface area contributed by atoms with Gasteiger partial charge in [-0.05, 0) is 24.3 Å². The molecule has 3 N–H and O–H groups in total. The topological polar surface area (TPSA) is 130 Å². The molecule has 0 aliphatic rings. The first kappa shape index (κ1) is 15.9. The van der Waals surface area contributed by atoms with Gasteiger partial charge in [-0.1, -0.05) is 0 Å². The Labute approximate surface area is 99.7 Å². The number of methoxy groups -OCH3 is 1. The number of rotatable bonds is 3. The molecule has 17 heavy (non-hydrogen) atoms. The fourth-order valence-electron chi connectivity index (χ4n) is 0.727. The summed E-state index contributed by atoms with van der Waals surface area (Å²) in [6.07, 6.45) is 0. The first-order valence-electron chi connectivity index (χ1n) is 3.90. The zero-order valence-electron chi connectivity index (χ0n) is 8.55. The maximum atomic E-state index is 10.2. The second-order valence-electron chi connectivity index (χ2n) is 2.45. The van der Waals surface area contributed by atoms with E-state index in [2.05, 4.69) is 4.52 Å². The van der Waals surface area contributed by atoms with Gasteiger partial charge in [-0.25, -0.2) is 4.52 Å². The molecule has 1 rings (SSSR count). The second-order valence-corrected chi connectivity index (χ2v) is 4.99. The van der Waals surface area contributed by atoms with Crippen molar-refractivity contribution in [1.82, 2.24) is 0 Å². The molecule has 1 aromatic carbocycles. The van der Waals surface area contributed by atoms with Crippen LogP contribution < -0.4 is 9.26 Å². The maximum absolute atomic E-state index is 10.2. The third-order valence-corrected chi connectivity index (χ3v) is 1.61. The summed E-state index contributed by atoms with van der Waals surface area (Å²) in [7, 11) is -1.04. The van der Waals surface area contributed by atoms with Crippen LogP contribution in [-0.4, -0.2) is 33.7 Å². The third-order valence-electron chi connectivity index (χ3n) is 1.24. The van der Waals surface area contributed by atoms with E-state index in [4.69, 9.17) is 25.7 Å². The second kappa shape index (κ2) is 7.29. The number of hydrogen-bond donors (Lipinski definition) is 3. The summed E-state index contributed by atoms with van der Waals surface area (Å²) in [4.78, 5) is 8.39. The van der Waals surface area contributed by atoms with Crippen molar-refractivity contribution in [3.05, 3.63) is 24.3 Å². The van der Waals surface area contributed by atoms with E-state index in [9.17, 15) is 4.57 Å². The quantitative estimate of drug-likeness (QED) is 0.520. The summed E-state index contributed by atoms with van der Waals surface area (Å²) in [6.45, 7) is 0. The number of ether oxygens (including phenoxy) is 1. The molecule has 1 atom stereocenters. The van der Waals surface area contributed by atoms with Crippen molar-refractivity contribution in [2.45, 2.75) is 0 Å². The molecule has 1 aromatic rings. The predicted octanol–water partition coefficient (Wildman–Crippen LogP) is -0.00870. The van der Waals surface area contributed by atoms with Crippen molar-refractivity contribution in [3.8, 4) is 11.5 Å². The Bertz CT molecular complexity index is 445. The average Bonchev–Trinajstić information content (AvgIpc) is 2.15. The Morgan fingerprint density at radius 2 is 1.47 bits per heavy atom. The average molecular weight is 332 g/mol. The van der Waals surface area contributed by atoms with Gasteiger partial charge in [0.05, 0.1) is 7.11 Å². The standard InChI is InChI=1S/C7H7O4P.H2O4Se/c1-10-6-2-4-7(5-3-6)11-12(8)9;1-5(2,3)4/h2-5H,1H3;(H2,1,2,3,4)/p+1. The van der Waals surface area contributed by atoms with Crippen LogP contribution in [0.3, 0.4) is 0 Å². The minimum atomic E-state index is -5.25. The summed E-state index contributed by atoms with van der Waals surface area (Å²) >= 11 is -5.25. The van der Waals surface area contributed by atoms with Crippen molar-refractivity contribution in [1.29, 1.82) is 0 Å². The van der Waals surface area contributed by atoms with Crippen LogP contribution in [0.15, 0.2) is 24.3 Å². The van der Waals surface area contributed by atoms with Gasteiger partial charge in [-0.2, -0.15) is 0 Å². The fourth-order valence-corrected chi connectivity index (χ4v) is 1.03. The predicted molar refractivity (Wildman–Crippen MR) is 55.0 cm³/mol. The Kier molecular flexibility index (Phi) is 6.82. The third kappa shape index (κ3) is 11.2. The van der Waals surface area contributed by atoms with Gasteiger partial charge in [0.25, 0.3) is 0 Å². The Morgan fingerprint density at radius 1 is 1.12 bits per heavy atom. The van der Waals surface area contributed by atoms with Crippen LogP contribution in [0.4, 0.5) is 0 Å². The molecule has 0 fully saturated rings. The zero-order valence-corrected chi connectivity index (χ0v) is 11.2. The number of hydrogen-bond acceptors (Lipinski definition) is 5. The molecule has 0 amide bonds. The van der Waals surface area contributed by atoms with Gasteiger partial charge in [0.2, 0.25) is 0 Å². The summed E-state index contributed by atoms with van der Waals surface area (Å²) in [5.41, 5.74) is 0. The molecule has 1 unspecified atom stereocenters. The van der Waals surface area contributed by atoms with Crippen LogP contribution >= 0.6 is 8.25 Å². The molecule has 0 bridgehead atoms. The Hall–Kier alpha value is -1.08. The molecular weight excluding hydrogens is 322 g/mol. The van der Waals surface area contributed by atoms with E-state index in [1.807, 2.05) is 0 Å². The van der Waals surface area contributed by atoms with Crippen LogP contribution in [-0.2, 0) is 12.2 Å². The van der Waals surface area contributed by atoms with Crippen molar-refractivity contribution < 1.29 is 34.8 Å². The minimum absolute atomic E-state index is 0.347. The Morgan fingerprint density at radius 3 is 1.76 bits per heavy atom. The molecule has 8 nitrogen and oxygen atoms in total. The van der Waals surface area contributed by atoms with Gasteiger partial charge in [0.15, 0.2) is 5.75 Å². The van der Waals surface area contributed by atoms with Crippen LogP contribution in [0.25, 0.3) is 0 Å². The van der Waals surface area contributed by atoms with Gasteiger partial charge < -0.3 is 4.74 Å². The molecule has 10 heteroatoms. The summed E-state index contributed by atoms with van der Waals surface area (Å²) in [5, 5.41) is 0. The van der Waals surface area contributed by atoms with E-state index in [1.165, 1.54) is 0 Å². The van der Waals surface area contributed by atoms with Gasteiger partial charge in [-0.3, -0.25) is 0 Å². The molecule has 0 saturated carbocycles. The van der Waals surface area contributed by atoms with E-state index < -0.39 is 21.6 Å². The summed E-state index contributed by atoms with van der Waals surface area (Å²) in [5.74, 6) is 1.02. The summed E-state index contributed by atoms with van der Waals surface area (Å²) in [6, 6.07) is 6.41. The first-order chi connectivity index (χ1) is 7.72. The molecule has 0 aliphatic heterocycles. The van der Waals surface area contributed by atoms with Gasteiger partial charge in [-0.15, -0.1) is 4.89 Å². The van der Waals surface area contributed by atoms with Crippen molar-refractivity contribution >= 4 is 21.6 Å². The van der Waals surface area contributed by atoms with E-state index >= 15 is 0 Å². The molecule has 96 valence electrons. The molecule has 0 heterocycles.